The Morgan fingerprint density at radius 2 is 1.83 bits per heavy atom. The molecule has 5 heteroatoms. The zero-order valence-electron chi connectivity index (χ0n) is 16.9. The van der Waals surface area contributed by atoms with E-state index in [0.29, 0.717) is 11.3 Å². The van der Waals surface area contributed by atoms with Gasteiger partial charge in [0.25, 0.3) is 11.8 Å². The van der Waals surface area contributed by atoms with Crippen LogP contribution >= 0.6 is 0 Å². The predicted molar refractivity (Wildman–Crippen MR) is 116 cm³/mol. The highest BCUT2D eigenvalue weighted by Gasteiger charge is 2.24. The van der Waals surface area contributed by atoms with Crippen LogP contribution < -0.4 is 10.6 Å². The van der Waals surface area contributed by atoms with Gasteiger partial charge in [-0.3, -0.25) is 9.59 Å². The van der Waals surface area contributed by atoms with Crippen molar-refractivity contribution in [2.75, 3.05) is 0 Å². The molecule has 30 heavy (non-hydrogen) atoms. The summed E-state index contributed by atoms with van der Waals surface area (Å²) in [5.41, 5.74) is 4.10. The van der Waals surface area contributed by atoms with E-state index in [1.807, 2.05) is 31.2 Å². The molecule has 1 aliphatic carbocycles. The summed E-state index contributed by atoms with van der Waals surface area (Å²) >= 11 is 0. The number of nitrogens with one attached hydrogen (secondary N) is 2. The Bertz CT molecular complexity index is 1070. The van der Waals surface area contributed by atoms with Crippen LogP contribution in [0.2, 0.25) is 0 Å². The highest BCUT2D eigenvalue weighted by atomic mass is 16.3. The van der Waals surface area contributed by atoms with Crippen molar-refractivity contribution in [1.82, 2.24) is 10.6 Å². The van der Waals surface area contributed by atoms with E-state index < -0.39 is 0 Å². The van der Waals surface area contributed by atoms with Gasteiger partial charge in [0.05, 0.1) is 12.3 Å². The maximum Gasteiger partial charge on any atom is 0.268 e. The van der Waals surface area contributed by atoms with Gasteiger partial charge in [-0.1, -0.05) is 42.0 Å². The van der Waals surface area contributed by atoms with Crippen molar-refractivity contribution < 1.29 is 14.0 Å². The number of benzene rings is 2. The van der Waals surface area contributed by atoms with Gasteiger partial charge >= 0.3 is 0 Å². The summed E-state index contributed by atoms with van der Waals surface area (Å²) in [7, 11) is 0. The molecule has 3 aromatic rings. The molecule has 0 saturated carbocycles. The Hall–Kier alpha value is -3.60. The van der Waals surface area contributed by atoms with Gasteiger partial charge < -0.3 is 15.1 Å². The molecule has 0 radical (unpaired) electrons. The van der Waals surface area contributed by atoms with Crippen molar-refractivity contribution in [3.63, 3.8) is 0 Å². The van der Waals surface area contributed by atoms with Crippen LogP contribution in [0.4, 0.5) is 0 Å². The first-order valence-corrected chi connectivity index (χ1v) is 10.1. The molecule has 0 aliphatic heterocycles. The van der Waals surface area contributed by atoms with Crippen LogP contribution in [0.3, 0.4) is 0 Å². The third-order valence-corrected chi connectivity index (χ3v) is 5.31. The topological polar surface area (TPSA) is 71.3 Å². The molecule has 0 unspecified atom stereocenters. The van der Waals surface area contributed by atoms with Crippen molar-refractivity contribution in [2.45, 2.75) is 32.2 Å². The number of hydrogen-bond donors (Lipinski definition) is 2. The van der Waals surface area contributed by atoms with Crippen LogP contribution in [0, 0.1) is 6.92 Å². The summed E-state index contributed by atoms with van der Waals surface area (Å²) in [6, 6.07) is 18.8. The van der Waals surface area contributed by atoms with Crippen LogP contribution in [0.5, 0.6) is 0 Å². The Kier molecular flexibility index (Phi) is 5.80. The minimum Gasteiger partial charge on any atom is -0.465 e. The molecule has 2 N–H and O–H groups in total. The maximum atomic E-state index is 13.1. The minimum atomic E-state index is -0.341. The van der Waals surface area contributed by atoms with Gasteiger partial charge in [-0.05, 0) is 61.6 Å². The monoisotopic (exact) mass is 400 g/mol. The average Bonchev–Trinajstić information content (AvgIpc) is 3.27. The molecule has 2 amide bonds. The van der Waals surface area contributed by atoms with E-state index >= 15 is 0 Å². The van der Waals surface area contributed by atoms with E-state index in [1.165, 1.54) is 11.8 Å². The van der Waals surface area contributed by atoms with E-state index in [4.69, 9.17) is 4.42 Å². The second kappa shape index (κ2) is 8.82. The van der Waals surface area contributed by atoms with Crippen molar-refractivity contribution in [2.24, 2.45) is 0 Å². The molecule has 152 valence electrons. The zero-order chi connectivity index (χ0) is 20.9. The summed E-state index contributed by atoms with van der Waals surface area (Å²) in [4.78, 5) is 25.9. The van der Waals surface area contributed by atoms with E-state index in [2.05, 4.69) is 22.8 Å². The molecular formula is C25H24N2O3. The van der Waals surface area contributed by atoms with Gasteiger partial charge in [-0.25, -0.2) is 0 Å². The van der Waals surface area contributed by atoms with Crippen LogP contribution in [-0.4, -0.2) is 11.8 Å². The van der Waals surface area contributed by atoms with Gasteiger partial charge in [0.1, 0.15) is 11.5 Å². The molecule has 0 saturated heterocycles. The van der Waals surface area contributed by atoms with Crippen LogP contribution in [0.25, 0.3) is 6.08 Å². The second-order valence-electron chi connectivity index (χ2n) is 7.51. The number of aryl methyl sites for hydroxylation is 2. The first kappa shape index (κ1) is 19.7. The SMILES string of the molecule is Cc1ccc(C(=O)N/C(=C\c2ccco2)C(=O)N[C@H]2CCCc3ccccc32)cc1. The highest BCUT2D eigenvalue weighted by molar-refractivity contribution is 6.05. The Labute approximate surface area is 175 Å². The van der Waals surface area contributed by atoms with Crippen molar-refractivity contribution in [3.05, 3.63) is 101 Å². The van der Waals surface area contributed by atoms with Crippen molar-refractivity contribution in [3.8, 4) is 0 Å². The van der Waals surface area contributed by atoms with Gasteiger partial charge in [0, 0.05) is 11.6 Å². The molecule has 2 aromatic carbocycles. The predicted octanol–water partition coefficient (Wildman–Crippen LogP) is 4.55. The standard InChI is InChI=1S/C25H24N2O3/c1-17-11-13-19(14-12-17)24(28)27-23(16-20-8-5-15-30-20)25(29)26-22-10-4-7-18-6-2-3-9-21(18)22/h2-3,5-6,8-9,11-16,22H,4,7,10H2,1H3,(H,26,29)(H,27,28)/b23-16-/t22-/m0/s1. The van der Waals surface area contributed by atoms with E-state index in [1.54, 1.807) is 30.3 Å². The van der Waals surface area contributed by atoms with Gasteiger partial charge in [-0.2, -0.15) is 0 Å². The second-order valence-corrected chi connectivity index (χ2v) is 7.51. The maximum absolute atomic E-state index is 13.1. The first-order chi connectivity index (χ1) is 14.6. The molecule has 0 spiro atoms. The molecular weight excluding hydrogens is 376 g/mol. The molecule has 1 aromatic heterocycles. The Morgan fingerprint density at radius 1 is 1.03 bits per heavy atom. The lowest BCUT2D eigenvalue weighted by Crippen LogP contribution is -2.37. The molecule has 1 heterocycles. The molecule has 5 nitrogen and oxygen atoms in total. The molecule has 0 fully saturated rings. The fourth-order valence-electron chi connectivity index (χ4n) is 3.71. The number of hydrogen-bond acceptors (Lipinski definition) is 3. The lowest BCUT2D eigenvalue weighted by molar-refractivity contribution is -0.118. The Balaban J connectivity index is 1.56. The lowest BCUT2D eigenvalue weighted by atomic mass is 9.87. The van der Waals surface area contributed by atoms with E-state index in [0.717, 1.165) is 30.4 Å². The van der Waals surface area contributed by atoms with Crippen LogP contribution in [-0.2, 0) is 11.2 Å². The van der Waals surface area contributed by atoms with Crippen molar-refractivity contribution >= 4 is 17.9 Å². The average molecular weight is 400 g/mol. The molecule has 4 rings (SSSR count). The van der Waals surface area contributed by atoms with Crippen LogP contribution in [0.1, 0.15) is 51.7 Å². The molecule has 0 bridgehead atoms. The van der Waals surface area contributed by atoms with E-state index in [9.17, 15) is 9.59 Å². The van der Waals surface area contributed by atoms with Crippen molar-refractivity contribution in [1.29, 1.82) is 0 Å². The smallest absolute Gasteiger partial charge is 0.268 e. The van der Waals surface area contributed by atoms with E-state index in [-0.39, 0.29) is 23.6 Å². The summed E-state index contributed by atoms with van der Waals surface area (Å²) in [6.07, 6.45) is 5.97. The number of fused-ring (bicyclic) bond motifs is 1. The summed E-state index contributed by atoms with van der Waals surface area (Å²) in [5, 5.41) is 5.84. The number of carbonyl (C=O) groups is 2. The third kappa shape index (κ3) is 4.51. The minimum absolute atomic E-state index is 0.0845. The number of furan rings is 1. The quantitative estimate of drug-likeness (QED) is 0.617. The summed E-state index contributed by atoms with van der Waals surface area (Å²) in [6.45, 7) is 1.96. The normalized spacial score (nSPS) is 15.9. The fraction of sp³-hybridized carbons (Fsp3) is 0.200. The van der Waals surface area contributed by atoms with Gasteiger partial charge in [0.15, 0.2) is 0 Å². The number of rotatable bonds is 5. The molecule has 1 aliphatic rings. The fourth-order valence-corrected chi connectivity index (χ4v) is 3.71. The first-order valence-electron chi connectivity index (χ1n) is 10.1. The highest BCUT2D eigenvalue weighted by Crippen LogP contribution is 2.29. The summed E-state index contributed by atoms with van der Waals surface area (Å²) < 4.78 is 5.36. The third-order valence-electron chi connectivity index (χ3n) is 5.31. The van der Waals surface area contributed by atoms with Crippen LogP contribution in [0.15, 0.2) is 77.0 Å². The molecule has 1 atom stereocenters. The number of amides is 2. The van der Waals surface area contributed by atoms with Gasteiger partial charge in [0.2, 0.25) is 0 Å². The van der Waals surface area contributed by atoms with Gasteiger partial charge in [-0.15, -0.1) is 0 Å². The zero-order valence-corrected chi connectivity index (χ0v) is 16.9. The Morgan fingerprint density at radius 3 is 2.60 bits per heavy atom. The lowest BCUT2D eigenvalue weighted by Gasteiger charge is -2.26. The largest absolute Gasteiger partial charge is 0.465 e. The number of carbonyl (C=O) groups excluding carboxylic acids is 2. The summed E-state index contributed by atoms with van der Waals surface area (Å²) in [5.74, 6) is -0.186.